The van der Waals surface area contributed by atoms with Gasteiger partial charge in [-0.15, -0.1) is 0 Å². The summed E-state index contributed by atoms with van der Waals surface area (Å²) < 4.78 is 0. The number of hydrogen-bond donors (Lipinski definition) is 2. The van der Waals surface area contributed by atoms with Crippen LogP contribution in [-0.2, 0) is 9.59 Å². The van der Waals surface area contributed by atoms with Crippen LogP contribution in [0.3, 0.4) is 0 Å². The lowest BCUT2D eigenvalue weighted by Gasteiger charge is -2.24. The van der Waals surface area contributed by atoms with Crippen LogP contribution in [-0.4, -0.2) is 24.9 Å². The quantitative estimate of drug-likeness (QED) is 0.878. The van der Waals surface area contributed by atoms with Crippen LogP contribution in [0.15, 0.2) is 24.3 Å². The molecule has 108 valence electrons. The highest BCUT2D eigenvalue weighted by Crippen LogP contribution is 2.30. The second kappa shape index (κ2) is 5.63. The highest BCUT2D eigenvalue weighted by molar-refractivity contribution is 6.03. The summed E-state index contributed by atoms with van der Waals surface area (Å²) in [4.78, 5) is 25.8. The average Bonchev–Trinajstić information content (AvgIpc) is 2.85. The Balaban J connectivity index is 2.25. The molecule has 1 aromatic rings. The third kappa shape index (κ3) is 2.82. The van der Waals surface area contributed by atoms with Crippen molar-refractivity contribution in [3.05, 3.63) is 24.3 Å². The smallest absolute Gasteiger partial charge is 0.231 e. The molecule has 2 rings (SSSR count). The Morgan fingerprint density at radius 3 is 2.70 bits per heavy atom. The molecule has 0 radical (unpaired) electrons. The van der Waals surface area contributed by atoms with Gasteiger partial charge in [-0.2, -0.15) is 0 Å². The van der Waals surface area contributed by atoms with E-state index in [2.05, 4.69) is 5.32 Å². The molecule has 2 amide bonds. The van der Waals surface area contributed by atoms with Crippen molar-refractivity contribution >= 4 is 23.2 Å². The van der Waals surface area contributed by atoms with Crippen molar-refractivity contribution in [3.63, 3.8) is 0 Å². The first-order valence-corrected chi connectivity index (χ1v) is 6.86. The molecule has 0 spiro atoms. The van der Waals surface area contributed by atoms with Crippen LogP contribution >= 0.6 is 0 Å². The van der Waals surface area contributed by atoms with Crippen molar-refractivity contribution in [2.45, 2.75) is 26.7 Å². The van der Waals surface area contributed by atoms with E-state index in [1.165, 1.54) is 0 Å². The summed E-state index contributed by atoms with van der Waals surface area (Å²) in [6.45, 7) is 4.56. The van der Waals surface area contributed by atoms with Crippen LogP contribution in [0.2, 0.25) is 0 Å². The van der Waals surface area contributed by atoms with Gasteiger partial charge < -0.3 is 16.0 Å². The predicted molar refractivity (Wildman–Crippen MR) is 79.5 cm³/mol. The van der Waals surface area contributed by atoms with Gasteiger partial charge in [0.15, 0.2) is 0 Å². The Morgan fingerprint density at radius 1 is 1.40 bits per heavy atom. The molecule has 0 saturated carbocycles. The minimum atomic E-state index is -0.637. The molecule has 1 aromatic carbocycles. The molecule has 0 bridgehead atoms. The van der Waals surface area contributed by atoms with Crippen molar-refractivity contribution in [1.82, 2.24) is 0 Å². The van der Waals surface area contributed by atoms with Crippen LogP contribution in [0.25, 0.3) is 0 Å². The first-order chi connectivity index (χ1) is 9.45. The number of amides is 2. The second-order valence-corrected chi connectivity index (χ2v) is 5.71. The molecule has 1 saturated heterocycles. The van der Waals surface area contributed by atoms with Crippen molar-refractivity contribution < 1.29 is 9.59 Å². The van der Waals surface area contributed by atoms with E-state index in [0.29, 0.717) is 18.7 Å². The summed E-state index contributed by atoms with van der Waals surface area (Å²) in [7, 11) is 0. The molecule has 0 aliphatic carbocycles. The Hall–Kier alpha value is -1.88. The van der Waals surface area contributed by atoms with Gasteiger partial charge in [0.2, 0.25) is 11.8 Å². The average molecular weight is 275 g/mol. The lowest BCUT2D eigenvalue weighted by Crippen LogP contribution is -2.37. The van der Waals surface area contributed by atoms with Crippen molar-refractivity contribution in [1.29, 1.82) is 0 Å². The van der Waals surface area contributed by atoms with Crippen LogP contribution in [0.1, 0.15) is 26.7 Å². The normalized spacial score (nSPS) is 15.6. The van der Waals surface area contributed by atoms with Crippen LogP contribution < -0.4 is 16.0 Å². The molecule has 20 heavy (non-hydrogen) atoms. The number of hydrogen-bond acceptors (Lipinski definition) is 3. The van der Waals surface area contributed by atoms with Crippen molar-refractivity contribution in [3.8, 4) is 0 Å². The van der Waals surface area contributed by atoms with Gasteiger partial charge in [-0.05, 0) is 32.4 Å². The van der Waals surface area contributed by atoms with E-state index in [0.717, 1.165) is 12.1 Å². The molecular weight excluding hydrogens is 254 g/mol. The molecule has 5 heteroatoms. The second-order valence-electron chi connectivity index (χ2n) is 5.71. The number of rotatable bonds is 4. The largest absolute Gasteiger partial charge is 0.329 e. The fourth-order valence-corrected chi connectivity index (χ4v) is 2.10. The number of anilines is 2. The van der Waals surface area contributed by atoms with Gasteiger partial charge in [0.25, 0.3) is 0 Å². The zero-order valence-electron chi connectivity index (χ0n) is 12.0. The molecule has 1 aliphatic heterocycles. The number of benzene rings is 1. The van der Waals surface area contributed by atoms with Crippen LogP contribution in [0.5, 0.6) is 0 Å². The molecule has 3 N–H and O–H groups in total. The van der Waals surface area contributed by atoms with Crippen molar-refractivity contribution in [2.24, 2.45) is 11.1 Å². The zero-order valence-corrected chi connectivity index (χ0v) is 12.0. The minimum absolute atomic E-state index is 0.102. The number of nitrogens with two attached hydrogens (primary N) is 1. The molecular formula is C15H21N3O2. The maximum atomic E-state index is 12.2. The molecule has 5 nitrogen and oxygen atoms in total. The van der Waals surface area contributed by atoms with Crippen LogP contribution in [0.4, 0.5) is 11.4 Å². The third-order valence-corrected chi connectivity index (χ3v) is 3.64. The number of nitrogens with zero attached hydrogens (tertiary/aromatic N) is 1. The Kier molecular flexibility index (Phi) is 4.09. The maximum absolute atomic E-state index is 12.2. The fourth-order valence-electron chi connectivity index (χ4n) is 2.10. The number of nitrogens with one attached hydrogen (secondary N) is 1. The summed E-state index contributed by atoms with van der Waals surface area (Å²) in [5, 5.41) is 2.89. The van der Waals surface area contributed by atoms with E-state index in [9.17, 15) is 9.59 Å². The van der Waals surface area contributed by atoms with E-state index >= 15 is 0 Å². The summed E-state index contributed by atoms with van der Waals surface area (Å²) in [5.41, 5.74) is 6.40. The Labute approximate surface area is 119 Å². The van der Waals surface area contributed by atoms with E-state index in [1.54, 1.807) is 18.7 Å². The molecule has 0 atom stereocenters. The fraction of sp³-hybridized carbons (Fsp3) is 0.467. The first kappa shape index (κ1) is 14.5. The highest BCUT2D eigenvalue weighted by atomic mass is 16.2. The number of carbonyl (C=O) groups is 2. The standard InChI is InChI=1S/C15H21N3O2/c1-15(2,10-16)14(20)17-11-6-3-4-7-12(11)18-9-5-8-13(18)19/h3-4,6-7H,5,8-10,16H2,1-2H3,(H,17,20). The maximum Gasteiger partial charge on any atom is 0.231 e. The third-order valence-electron chi connectivity index (χ3n) is 3.64. The van der Waals surface area contributed by atoms with E-state index in [1.807, 2.05) is 24.3 Å². The van der Waals surface area contributed by atoms with E-state index < -0.39 is 5.41 Å². The van der Waals surface area contributed by atoms with E-state index in [-0.39, 0.29) is 18.4 Å². The van der Waals surface area contributed by atoms with Gasteiger partial charge in [-0.25, -0.2) is 0 Å². The molecule has 0 unspecified atom stereocenters. The Morgan fingerprint density at radius 2 is 2.10 bits per heavy atom. The lowest BCUT2D eigenvalue weighted by molar-refractivity contribution is -0.123. The summed E-state index contributed by atoms with van der Waals surface area (Å²) >= 11 is 0. The van der Waals surface area contributed by atoms with Gasteiger partial charge in [-0.3, -0.25) is 9.59 Å². The number of para-hydroxylation sites is 2. The molecule has 1 fully saturated rings. The minimum Gasteiger partial charge on any atom is -0.329 e. The lowest BCUT2D eigenvalue weighted by atomic mass is 9.92. The summed E-state index contributed by atoms with van der Waals surface area (Å²) in [6, 6.07) is 7.37. The highest BCUT2D eigenvalue weighted by Gasteiger charge is 2.28. The SMILES string of the molecule is CC(C)(CN)C(=O)Nc1ccccc1N1CCCC1=O. The van der Waals surface area contributed by atoms with E-state index in [4.69, 9.17) is 5.73 Å². The molecule has 0 aromatic heterocycles. The zero-order chi connectivity index (χ0) is 14.8. The van der Waals surface area contributed by atoms with Gasteiger partial charge >= 0.3 is 0 Å². The monoisotopic (exact) mass is 275 g/mol. The first-order valence-electron chi connectivity index (χ1n) is 6.86. The molecule has 1 heterocycles. The summed E-state index contributed by atoms with van der Waals surface area (Å²) in [6.07, 6.45) is 1.42. The number of carbonyl (C=O) groups excluding carboxylic acids is 2. The summed E-state index contributed by atoms with van der Waals surface area (Å²) in [5.74, 6) is -0.0381. The molecule has 1 aliphatic rings. The van der Waals surface area contributed by atoms with Crippen molar-refractivity contribution in [2.75, 3.05) is 23.3 Å². The topological polar surface area (TPSA) is 75.4 Å². The van der Waals surface area contributed by atoms with Gasteiger partial charge in [0, 0.05) is 19.5 Å². The Bertz CT molecular complexity index is 526. The predicted octanol–water partition coefficient (Wildman–Crippen LogP) is 1.74. The van der Waals surface area contributed by atoms with Crippen LogP contribution in [0, 0.1) is 5.41 Å². The van der Waals surface area contributed by atoms with Gasteiger partial charge in [-0.1, -0.05) is 12.1 Å². The van der Waals surface area contributed by atoms with Gasteiger partial charge in [0.1, 0.15) is 0 Å². The van der Waals surface area contributed by atoms with Gasteiger partial charge in [0.05, 0.1) is 16.8 Å².